The van der Waals surface area contributed by atoms with E-state index in [1.54, 1.807) is 12.1 Å². The first-order chi connectivity index (χ1) is 9.48. The van der Waals surface area contributed by atoms with E-state index >= 15 is 0 Å². The lowest BCUT2D eigenvalue weighted by atomic mass is 9.91. The van der Waals surface area contributed by atoms with E-state index in [1.165, 1.54) is 18.4 Å². The maximum Gasteiger partial charge on any atom is 0.124 e. The largest absolute Gasteiger partial charge is 0.308 e. The average Bonchev–Trinajstić information content (AvgIpc) is 3.22. The first-order valence-electron chi connectivity index (χ1n) is 7.41. The molecule has 1 heterocycles. The molecule has 0 radical (unpaired) electrons. The molecule has 2 fully saturated rings. The van der Waals surface area contributed by atoms with Crippen LogP contribution in [0.4, 0.5) is 4.39 Å². The number of benzene rings is 1. The Kier molecular flexibility index (Phi) is 3.91. The molecule has 110 valence electrons. The Morgan fingerprint density at radius 3 is 2.85 bits per heavy atom. The fourth-order valence-electron chi connectivity index (χ4n) is 3.22. The summed E-state index contributed by atoms with van der Waals surface area (Å²) in [6, 6.07) is 5.51. The monoisotopic (exact) mass is 340 g/mol. The van der Waals surface area contributed by atoms with Crippen molar-refractivity contribution >= 4 is 15.9 Å². The summed E-state index contributed by atoms with van der Waals surface area (Å²) in [4.78, 5) is 2.52. The van der Waals surface area contributed by atoms with Gasteiger partial charge in [-0.1, -0.05) is 22.0 Å². The molecule has 2 aliphatic rings. The summed E-state index contributed by atoms with van der Waals surface area (Å²) < 4.78 is 14.1. The lowest BCUT2D eigenvalue weighted by Crippen LogP contribution is -2.62. The standard InChI is InChI=1S/C16H22BrFN2/c1-11-8-19-16(2,13-4-5-13)10-20(11)9-12-3-6-14(18)7-15(12)17/h3,6-7,11,13,19H,4-5,8-10H2,1-2H3. The number of nitrogens with one attached hydrogen (secondary N) is 1. The van der Waals surface area contributed by atoms with Gasteiger partial charge < -0.3 is 5.32 Å². The van der Waals surface area contributed by atoms with Crippen molar-refractivity contribution in [3.05, 3.63) is 34.1 Å². The van der Waals surface area contributed by atoms with Crippen molar-refractivity contribution in [2.75, 3.05) is 13.1 Å². The van der Waals surface area contributed by atoms with Gasteiger partial charge in [0.2, 0.25) is 0 Å². The van der Waals surface area contributed by atoms with Gasteiger partial charge in [0.25, 0.3) is 0 Å². The Hall–Kier alpha value is -0.450. The normalized spacial score (nSPS) is 31.5. The van der Waals surface area contributed by atoms with Crippen LogP contribution in [0.5, 0.6) is 0 Å². The first-order valence-corrected chi connectivity index (χ1v) is 8.20. The predicted molar refractivity (Wildman–Crippen MR) is 83.1 cm³/mol. The minimum atomic E-state index is -0.184. The highest BCUT2D eigenvalue weighted by atomic mass is 79.9. The molecule has 0 spiro atoms. The van der Waals surface area contributed by atoms with Crippen molar-refractivity contribution in [3.63, 3.8) is 0 Å². The highest BCUT2D eigenvalue weighted by Gasteiger charge is 2.45. The van der Waals surface area contributed by atoms with Gasteiger partial charge in [-0.25, -0.2) is 4.39 Å². The fraction of sp³-hybridized carbons (Fsp3) is 0.625. The summed E-state index contributed by atoms with van der Waals surface area (Å²) >= 11 is 3.48. The van der Waals surface area contributed by atoms with Crippen LogP contribution in [0.25, 0.3) is 0 Å². The number of halogens is 2. The zero-order valence-corrected chi connectivity index (χ0v) is 13.7. The lowest BCUT2D eigenvalue weighted by Gasteiger charge is -2.45. The molecule has 1 N–H and O–H groups in total. The summed E-state index contributed by atoms with van der Waals surface area (Å²) in [6.07, 6.45) is 2.71. The zero-order valence-electron chi connectivity index (χ0n) is 12.1. The molecule has 1 saturated carbocycles. The van der Waals surface area contributed by atoms with E-state index in [4.69, 9.17) is 0 Å². The lowest BCUT2D eigenvalue weighted by molar-refractivity contribution is 0.0768. The Morgan fingerprint density at radius 1 is 1.45 bits per heavy atom. The number of hydrogen-bond donors (Lipinski definition) is 1. The molecule has 2 nitrogen and oxygen atoms in total. The van der Waals surface area contributed by atoms with Gasteiger partial charge in [0.1, 0.15) is 5.82 Å². The fourth-order valence-corrected chi connectivity index (χ4v) is 3.69. The number of nitrogens with zero attached hydrogens (tertiary/aromatic N) is 1. The van der Waals surface area contributed by atoms with Gasteiger partial charge in [-0.3, -0.25) is 4.90 Å². The molecule has 1 aliphatic carbocycles. The maximum atomic E-state index is 13.2. The molecule has 0 aromatic heterocycles. The second-order valence-corrected chi connectivity index (χ2v) is 7.42. The number of piperazine rings is 1. The van der Waals surface area contributed by atoms with Gasteiger partial charge in [0.15, 0.2) is 0 Å². The molecule has 2 atom stereocenters. The molecule has 4 heteroatoms. The topological polar surface area (TPSA) is 15.3 Å². The minimum Gasteiger partial charge on any atom is -0.308 e. The van der Waals surface area contributed by atoms with E-state index < -0.39 is 0 Å². The van der Waals surface area contributed by atoms with E-state index in [-0.39, 0.29) is 11.4 Å². The molecule has 1 aromatic carbocycles. The van der Waals surface area contributed by atoms with Gasteiger partial charge >= 0.3 is 0 Å². The summed E-state index contributed by atoms with van der Waals surface area (Å²) in [6.45, 7) is 7.60. The molecular formula is C16H22BrFN2. The van der Waals surface area contributed by atoms with E-state index in [9.17, 15) is 4.39 Å². The van der Waals surface area contributed by atoms with Crippen LogP contribution in [0, 0.1) is 11.7 Å². The smallest absolute Gasteiger partial charge is 0.124 e. The number of hydrogen-bond acceptors (Lipinski definition) is 2. The average molecular weight is 341 g/mol. The van der Waals surface area contributed by atoms with E-state index in [1.807, 2.05) is 6.07 Å². The van der Waals surface area contributed by atoms with Crippen LogP contribution in [-0.4, -0.2) is 29.6 Å². The van der Waals surface area contributed by atoms with E-state index in [0.717, 1.165) is 30.0 Å². The van der Waals surface area contributed by atoms with Crippen LogP contribution in [0.1, 0.15) is 32.3 Å². The van der Waals surface area contributed by atoms with Crippen LogP contribution in [0.3, 0.4) is 0 Å². The second-order valence-electron chi connectivity index (χ2n) is 6.56. The number of rotatable bonds is 3. The zero-order chi connectivity index (χ0) is 14.3. The third-order valence-corrected chi connectivity index (χ3v) is 5.56. The molecule has 3 rings (SSSR count). The highest BCUT2D eigenvalue weighted by molar-refractivity contribution is 9.10. The molecule has 0 bridgehead atoms. The molecular weight excluding hydrogens is 319 g/mol. The van der Waals surface area contributed by atoms with Gasteiger partial charge in [0, 0.05) is 35.7 Å². The Labute approximate surface area is 128 Å². The highest BCUT2D eigenvalue weighted by Crippen LogP contribution is 2.41. The third-order valence-electron chi connectivity index (χ3n) is 4.82. The molecule has 1 aliphatic heterocycles. The van der Waals surface area contributed by atoms with Gasteiger partial charge in [0.05, 0.1) is 0 Å². The third kappa shape index (κ3) is 2.92. The Bertz CT molecular complexity index is 503. The van der Waals surface area contributed by atoms with Crippen LogP contribution >= 0.6 is 15.9 Å². The Morgan fingerprint density at radius 2 is 2.20 bits per heavy atom. The van der Waals surface area contributed by atoms with Crippen LogP contribution in [0.15, 0.2) is 22.7 Å². The van der Waals surface area contributed by atoms with Gasteiger partial charge in [-0.2, -0.15) is 0 Å². The van der Waals surface area contributed by atoms with Crippen molar-refractivity contribution in [1.29, 1.82) is 0 Å². The van der Waals surface area contributed by atoms with Crippen molar-refractivity contribution in [2.24, 2.45) is 5.92 Å². The van der Waals surface area contributed by atoms with E-state index in [2.05, 4.69) is 40.0 Å². The molecule has 2 unspecified atom stereocenters. The van der Waals surface area contributed by atoms with Crippen LogP contribution < -0.4 is 5.32 Å². The Balaban J connectivity index is 1.74. The van der Waals surface area contributed by atoms with Crippen molar-refractivity contribution in [2.45, 2.75) is 44.8 Å². The quantitative estimate of drug-likeness (QED) is 0.905. The predicted octanol–water partition coefficient (Wildman–Crippen LogP) is 3.55. The summed E-state index contributed by atoms with van der Waals surface area (Å²) in [5, 5.41) is 3.73. The second kappa shape index (κ2) is 5.39. The van der Waals surface area contributed by atoms with Crippen molar-refractivity contribution in [3.8, 4) is 0 Å². The maximum absolute atomic E-state index is 13.2. The molecule has 1 aromatic rings. The summed E-state index contributed by atoms with van der Waals surface area (Å²) in [5.74, 6) is 0.644. The molecule has 20 heavy (non-hydrogen) atoms. The van der Waals surface area contributed by atoms with E-state index in [0.29, 0.717) is 6.04 Å². The van der Waals surface area contributed by atoms with Crippen LogP contribution in [-0.2, 0) is 6.54 Å². The summed E-state index contributed by atoms with van der Waals surface area (Å²) in [7, 11) is 0. The van der Waals surface area contributed by atoms with Gasteiger partial charge in [-0.05, 0) is 50.3 Å². The molecule has 0 amide bonds. The van der Waals surface area contributed by atoms with Gasteiger partial charge in [-0.15, -0.1) is 0 Å². The van der Waals surface area contributed by atoms with Crippen molar-refractivity contribution < 1.29 is 4.39 Å². The first kappa shape index (κ1) is 14.5. The van der Waals surface area contributed by atoms with Crippen molar-refractivity contribution in [1.82, 2.24) is 10.2 Å². The SMILES string of the molecule is CC1CNC(C)(C2CC2)CN1Cc1ccc(F)cc1Br. The summed E-state index contributed by atoms with van der Waals surface area (Å²) in [5.41, 5.74) is 1.41. The molecule has 1 saturated heterocycles. The van der Waals surface area contributed by atoms with Crippen LogP contribution in [0.2, 0.25) is 0 Å². The minimum absolute atomic E-state index is 0.184.